The van der Waals surface area contributed by atoms with E-state index in [2.05, 4.69) is 5.32 Å². The van der Waals surface area contributed by atoms with Crippen LogP contribution < -0.4 is 10.1 Å². The highest BCUT2D eigenvalue weighted by atomic mass is 35.5. The zero-order valence-electron chi connectivity index (χ0n) is 17.8. The van der Waals surface area contributed by atoms with Gasteiger partial charge in [0.05, 0.1) is 0 Å². The number of benzene rings is 2. The Labute approximate surface area is 198 Å². The molecule has 0 unspecified atom stereocenters. The van der Waals surface area contributed by atoms with Gasteiger partial charge in [-0.05, 0) is 55.7 Å². The van der Waals surface area contributed by atoms with Crippen LogP contribution in [0.3, 0.4) is 0 Å². The Morgan fingerprint density at radius 1 is 1.03 bits per heavy atom. The molecule has 0 aliphatic heterocycles. The van der Waals surface area contributed by atoms with Crippen molar-refractivity contribution >= 4 is 46.6 Å². The van der Waals surface area contributed by atoms with Gasteiger partial charge in [-0.1, -0.05) is 60.8 Å². The summed E-state index contributed by atoms with van der Waals surface area (Å²) in [5.74, 6) is -0.0717. The van der Waals surface area contributed by atoms with Crippen molar-refractivity contribution in [3.63, 3.8) is 0 Å². The number of carbonyl (C=O) groups excluding carboxylic acids is 2. The van der Waals surface area contributed by atoms with Crippen LogP contribution >= 0.6 is 34.8 Å². The SMILES string of the molecule is CC[C@@H](C)NC(=O)[C@@H](CC)N(Cc1ccc(Cl)cc1Cl)C(=O)COc1cccc(Cl)c1. The molecule has 2 aromatic rings. The van der Waals surface area contributed by atoms with Crippen LogP contribution in [-0.2, 0) is 16.1 Å². The molecule has 1 N–H and O–H groups in total. The van der Waals surface area contributed by atoms with E-state index >= 15 is 0 Å². The Hall–Kier alpha value is -1.95. The number of carbonyl (C=O) groups is 2. The lowest BCUT2D eigenvalue weighted by atomic mass is 10.1. The highest BCUT2D eigenvalue weighted by molar-refractivity contribution is 6.35. The third-order valence-electron chi connectivity index (χ3n) is 4.90. The molecule has 0 spiro atoms. The van der Waals surface area contributed by atoms with E-state index in [1.165, 1.54) is 4.90 Å². The predicted octanol–water partition coefficient (Wildman–Crippen LogP) is 5.75. The average Bonchev–Trinajstić information content (AvgIpc) is 2.73. The van der Waals surface area contributed by atoms with Crippen LogP contribution in [-0.4, -0.2) is 35.4 Å². The molecule has 0 radical (unpaired) electrons. The van der Waals surface area contributed by atoms with Gasteiger partial charge in [-0.2, -0.15) is 0 Å². The number of halogens is 3. The minimum absolute atomic E-state index is 0.000308. The Bertz CT molecular complexity index is 907. The first kappa shape index (κ1) is 25.3. The number of hydrogen-bond donors (Lipinski definition) is 1. The second-order valence-electron chi connectivity index (χ2n) is 7.25. The molecular weight excluding hydrogens is 459 g/mol. The smallest absolute Gasteiger partial charge is 0.261 e. The Morgan fingerprint density at radius 2 is 1.74 bits per heavy atom. The quantitative estimate of drug-likeness (QED) is 0.466. The molecule has 168 valence electrons. The first-order valence-corrected chi connectivity index (χ1v) is 11.3. The zero-order valence-corrected chi connectivity index (χ0v) is 20.1. The molecule has 2 atom stereocenters. The molecule has 2 amide bonds. The largest absolute Gasteiger partial charge is 0.484 e. The van der Waals surface area contributed by atoms with E-state index in [0.29, 0.717) is 32.8 Å². The summed E-state index contributed by atoms with van der Waals surface area (Å²) in [6.45, 7) is 5.69. The molecule has 0 saturated heterocycles. The van der Waals surface area contributed by atoms with E-state index in [0.717, 1.165) is 6.42 Å². The number of ether oxygens (including phenoxy) is 1. The van der Waals surface area contributed by atoms with Crippen molar-refractivity contribution in [1.29, 1.82) is 0 Å². The normalized spacial score (nSPS) is 12.7. The van der Waals surface area contributed by atoms with Gasteiger partial charge >= 0.3 is 0 Å². The summed E-state index contributed by atoms with van der Waals surface area (Å²) in [5, 5.41) is 4.40. The standard InChI is InChI=1S/C23H27Cl3N2O3/c1-4-15(3)27-23(30)21(5-2)28(13-16-9-10-18(25)12-20(16)26)22(29)14-31-19-8-6-7-17(24)11-19/h6-12,15,21H,4-5,13-14H2,1-3H3,(H,27,30)/t15-,21-/m1/s1. The third-order valence-corrected chi connectivity index (χ3v) is 5.72. The second kappa shape index (κ2) is 12.2. The van der Waals surface area contributed by atoms with Crippen LogP contribution in [0.5, 0.6) is 5.75 Å². The first-order chi connectivity index (χ1) is 14.7. The van der Waals surface area contributed by atoms with Crippen LogP contribution in [0.25, 0.3) is 0 Å². The van der Waals surface area contributed by atoms with E-state index in [1.54, 1.807) is 42.5 Å². The van der Waals surface area contributed by atoms with Gasteiger partial charge in [0.2, 0.25) is 5.91 Å². The molecule has 31 heavy (non-hydrogen) atoms. The summed E-state index contributed by atoms with van der Waals surface area (Å²) in [5.41, 5.74) is 0.692. The number of nitrogens with one attached hydrogen (secondary N) is 1. The van der Waals surface area contributed by atoms with E-state index in [1.807, 2.05) is 20.8 Å². The Kier molecular flexibility index (Phi) is 9.94. The minimum Gasteiger partial charge on any atom is -0.484 e. The van der Waals surface area contributed by atoms with Gasteiger partial charge in [-0.25, -0.2) is 0 Å². The molecule has 0 aliphatic rings. The van der Waals surface area contributed by atoms with E-state index < -0.39 is 6.04 Å². The van der Waals surface area contributed by atoms with Gasteiger partial charge in [0.25, 0.3) is 5.91 Å². The highest BCUT2D eigenvalue weighted by Crippen LogP contribution is 2.24. The summed E-state index contributed by atoms with van der Waals surface area (Å²) in [7, 11) is 0. The molecule has 2 rings (SSSR count). The number of hydrogen-bond acceptors (Lipinski definition) is 3. The molecular formula is C23H27Cl3N2O3. The molecule has 0 fully saturated rings. The molecule has 0 heterocycles. The summed E-state index contributed by atoms with van der Waals surface area (Å²) < 4.78 is 5.63. The fourth-order valence-electron chi connectivity index (χ4n) is 2.98. The van der Waals surface area contributed by atoms with Gasteiger partial charge in [0.15, 0.2) is 6.61 Å². The maximum absolute atomic E-state index is 13.2. The summed E-state index contributed by atoms with van der Waals surface area (Å²) >= 11 is 18.3. The van der Waals surface area contributed by atoms with Crippen LogP contribution in [0, 0.1) is 0 Å². The first-order valence-electron chi connectivity index (χ1n) is 10.2. The molecule has 0 aliphatic carbocycles. The molecule has 2 aromatic carbocycles. The molecule has 0 bridgehead atoms. The molecule has 5 nitrogen and oxygen atoms in total. The molecule has 0 aromatic heterocycles. The van der Waals surface area contributed by atoms with Gasteiger partial charge in [0, 0.05) is 27.7 Å². The number of amides is 2. The third kappa shape index (κ3) is 7.60. The summed E-state index contributed by atoms with van der Waals surface area (Å²) in [6, 6.07) is 11.2. The lowest BCUT2D eigenvalue weighted by Gasteiger charge is -2.31. The molecule has 0 saturated carbocycles. The number of rotatable bonds is 10. The summed E-state index contributed by atoms with van der Waals surface area (Å²) in [6.07, 6.45) is 1.23. The van der Waals surface area contributed by atoms with Crippen molar-refractivity contribution in [2.75, 3.05) is 6.61 Å². The maximum atomic E-state index is 13.2. The van der Waals surface area contributed by atoms with E-state index in [9.17, 15) is 9.59 Å². The number of nitrogens with zero attached hydrogens (tertiary/aromatic N) is 1. The van der Waals surface area contributed by atoms with Crippen LogP contribution in [0.15, 0.2) is 42.5 Å². The fourth-order valence-corrected chi connectivity index (χ4v) is 3.63. The van der Waals surface area contributed by atoms with Gasteiger partial charge < -0.3 is 15.0 Å². The zero-order chi connectivity index (χ0) is 23.0. The van der Waals surface area contributed by atoms with Gasteiger partial charge in [-0.15, -0.1) is 0 Å². The summed E-state index contributed by atoms with van der Waals surface area (Å²) in [4.78, 5) is 27.6. The van der Waals surface area contributed by atoms with Crippen molar-refractivity contribution in [1.82, 2.24) is 10.2 Å². The van der Waals surface area contributed by atoms with E-state index in [-0.39, 0.29) is 31.0 Å². The predicted molar refractivity (Wildman–Crippen MR) is 126 cm³/mol. The highest BCUT2D eigenvalue weighted by Gasteiger charge is 2.30. The lowest BCUT2D eigenvalue weighted by Crippen LogP contribution is -2.51. The van der Waals surface area contributed by atoms with Crippen molar-refractivity contribution < 1.29 is 14.3 Å². The van der Waals surface area contributed by atoms with Crippen LogP contribution in [0.2, 0.25) is 15.1 Å². The lowest BCUT2D eigenvalue weighted by molar-refractivity contribution is -0.143. The maximum Gasteiger partial charge on any atom is 0.261 e. The van der Waals surface area contributed by atoms with Crippen molar-refractivity contribution in [2.45, 2.75) is 52.2 Å². The minimum atomic E-state index is -0.670. The second-order valence-corrected chi connectivity index (χ2v) is 8.53. The van der Waals surface area contributed by atoms with Crippen molar-refractivity contribution in [3.05, 3.63) is 63.1 Å². The van der Waals surface area contributed by atoms with Gasteiger partial charge in [0.1, 0.15) is 11.8 Å². The van der Waals surface area contributed by atoms with Crippen LogP contribution in [0.4, 0.5) is 0 Å². The van der Waals surface area contributed by atoms with Crippen molar-refractivity contribution in [3.8, 4) is 5.75 Å². The monoisotopic (exact) mass is 484 g/mol. The van der Waals surface area contributed by atoms with Crippen LogP contribution in [0.1, 0.15) is 39.2 Å². The van der Waals surface area contributed by atoms with Crippen molar-refractivity contribution in [2.24, 2.45) is 0 Å². The Morgan fingerprint density at radius 3 is 2.35 bits per heavy atom. The fraction of sp³-hybridized carbons (Fsp3) is 0.391. The van der Waals surface area contributed by atoms with Gasteiger partial charge in [-0.3, -0.25) is 9.59 Å². The van der Waals surface area contributed by atoms with E-state index in [4.69, 9.17) is 39.5 Å². The topological polar surface area (TPSA) is 58.6 Å². The molecule has 8 heteroatoms. The Balaban J connectivity index is 2.26. The average molecular weight is 486 g/mol.